The Kier molecular flexibility index (Phi) is 4.10. The van der Waals surface area contributed by atoms with Crippen molar-refractivity contribution in [2.75, 3.05) is 7.05 Å². The van der Waals surface area contributed by atoms with E-state index in [0.717, 1.165) is 12.3 Å². The van der Waals surface area contributed by atoms with Gasteiger partial charge in [-0.05, 0) is 20.3 Å². The van der Waals surface area contributed by atoms with Crippen LogP contribution in [0.3, 0.4) is 0 Å². The number of hydrogen-bond donors (Lipinski definition) is 1. The predicted molar refractivity (Wildman–Crippen MR) is 41.9 cm³/mol. The van der Waals surface area contributed by atoms with Crippen LogP contribution < -0.4 is 5.32 Å². The van der Waals surface area contributed by atoms with Crippen LogP contribution >= 0.6 is 0 Å². The van der Waals surface area contributed by atoms with Crippen LogP contribution in [-0.4, -0.2) is 18.9 Å². The first-order chi connectivity index (χ1) is 4.20. The normalized spacial score (nSPS) is 15.3. The molecule has 1 N–H and O–H groups in total. The van der Waals surface area contributed by atoms with Crippen molar-refractivity contribution < 1.29 is 0 Å². The van der Waals surface area contributed by atoms with Crippen molar-refractivity contribution in [1.29, 1.82) is 0 Å². The highest BCUT2D eigenvalue weighted by molar-refractivity contribution is 5.79. The van der Waals surface area contributed by atoms with E-state index < -0.39 is 0 Å². The zero-order chi connectivity index (χ0) is 7.28. The molecule has 0 aliphatic heterocycles. The number of rotatable bonds is 2. The second-order valence-corrected chi connectivity index (χ2v) is 2.26. The first-order valence-corrected chi connectivity index (χ1v) is 3.40. The molecule has 0 aliphatic carbocycles. The highest BCUT2D eigenvalue weighted by atomic mass is 15.0. The number of aliphatic imine (C=N–C) groups is 1. The van der Waals surface area contributed by atoms with Gasteiger partial charge in [0.15, 0.2) is 0 Å². The summed E-state index contributed by atoms with van der Waals surface area (Å²) in [5, 5.41) is 3.23. The van der Waals surface area contributed by atoms with Crippen LogP contribution in [0.5, 0.6) is 0 Å². The molecule has 0 rings (SSSR count). The molecule has 0 fully saturated rings. The largest absolute Gasteiger partial charge is 0.372 e. The zero-order valence-corrected chi connectivity index (χ0v) is 6.73. The Labute approximate surface area is 57.4 Å². The van der Waals surface area contributed by atoms with Gasteiger partial charge < -0.3 is 5.32 Å². The number of hydrogen-bond acceptors (Lipinski definition) is 1. The maximum Gasteiger partial charge on any atom is 0.0930 e. The lowest BCUT2D eigenvalue weighted by molar-refractivity contribution is 0.640. The Hall–Kier alpha value is -0.530. The van der Waals surface area contributed by atoms with E-state index in [9.17, 15) is 0 Å². The minimum Gasteiger partial charge on any atom is -0.372 e. The van der Waals surface area contributed by atoms with Gasteiger partial charge in [-0.1, -0.05) is 6.92 Å². The van der Waals surface area contributed by atoms with Crippen molar-refractivity contribution in [3.8, 4) is 0 Å². The molecule has 0 heterocycles. The molecule has 2 heteroatoms. The lowest BCUT2D eigenvalue weighted by atomic mass is 10.2. The molecule has 9 heavy (non-hydrogen) atoms. The van der Waals surface area contributed by atoms with Crippen LogP contribution in [-0.2, 0) is 0 Å². The molecule has 54 valence electrons. The van der Waals surface area contributed by atoms with E-state index in [1.165, 1.54) is 0 Å². The van der Waals surface area contributed by atoms with E-state index >= 15 is 0 Å². The third kappa shape index (κ3) is 4.01. The van der Waals surface area contributed by atoms with E-state index in [2.05, 4.69) is 24.2 Å². The second-order valence-electron chi connectivity index (χ2n) is 2.26. The summed E-state index contributed by atoms with van der Waals surface area (Å²) in [5.41, 5.74) is 0. The lowest BCUT2D eigenvalue weighted by Gasteiger charge is -2.10. The summed E-state index contributed by atoms with van der Waals surface area (Å²) >= 11 is 0. The van der Waals surface area contributed by atoms with Gasteiger partial charge in [-0.15, -0.1) is 0 Å². The fourth-order valence-corrected chi connectivity index (χ4v) is 0.523. The third-order valence-electron chi connectivity index (χ3n) is 1.40. The first kappa shape index (κ1) is 8.47. The van der Waals surface area contributed by atoms with Crippen molar-refractivity contribution >= 4 is 5.84 Å². The average molecular weight is 128 g/mol. The number of nitrogens with one attached hydrogen (secondary N) is 1. The summed E-state index contributed by atoms with van der Waals surface area (Å²) in [6, 6.07) is 0.550. The summed E-state index contributed by atoms with van der Waals surface area (Å²) in [6.45, 7) is 6.28. The van der Waals surface area contributed by atoms with Crippen LogP contribution in [0.15, 0.2) is 4.99 Å². The molecule has 0 spiro atoms. The maximum absolute atomic E-state index is 3.98. The fourth-order valence-electron chi connectivity index (χ4n) is 0.523. The first-order valence-electron chi connectivity index (χ1n) is 3.40. The topological polar surface area (TPSA) is 24.4 Å². The molecule has 0 aliphatic rings. The van der Waals surface area contributed by atoms with Gasteiger partial charge in [0.2, 0.25) is 0 Å². The Balaban J connectivity index is 3.47. The summed E-state index contributed by atoms with van der Waals surface area (Å²) in [6.07, 6.45) is 1.15. The molecule has 0 radical (unpaired) electrons. The summed E-state index contributed by atoms with van der Waals surface area (Å²) in [4.78, 5) is 3.98. The van der Waals surface area contributed by atoms with Crippen molar-refractivity contribution in [2.24, 2.45) is 4.99 Å². The maximum atomic E-state index is 3.98. The Morgan fingerprint density at radius 3 is 2.56 bits per heavy atom. The standard InChI is InChI=1S/C7H16N2/c1-5-6(2)9-7(3)8-4/h6H,5H2,1-4H3,(H,8,9). The molecule has 0 saturated heterocycles. The van der Waals surface area contributed by atoms with Crippen LogP contribution in [0.2, 0.25) is 0 Å². The van der Waals surface area contributed by atoms with Crippen LogP contribution in [0, 0.1) is 0 Å². The van der Waals surface area contributed by atoms with Gasteiger partial charge in [0, 0.05) is 13.1 Å². The Morgan fingerprint density at radius 2 is 2.22 bits per heavy atom. The fraction of sp³-hybridized carbons (Fsp3) is 0.857. The van der Waals surface area contributed by atoms with Gasteiger partial charge in [0.1, 0.15) is 0 Å². The van der Waals surface area contributed by atoms with Crippen LogP contribution in [0.1, 0.15) is 27.2 Å². The van der Waals surface area contributed by atoms with Gasteiger partial charge >= 0.3 is 0 Å². The van der Waals surface area contributed by atoms with Crippen molar-refractivity contribution in [1.82, 2.24) is 5.32 Å². The van der Waals surface area contributed by atoms with Gasteiger partial charge in [-0.25, -0.2) is 0 Å². The molecule has 2 nitrogen and oxygen atoms in total. The number of amidine groups is 1. The molecule has 1 atom stereocenters. The minimum absolute atomic E-state index is 0.550. The summed E-state index contributed by atoms with van der Waals surface area (Å²) < 4.78 is 0. The summed E-state index contributed by atoms with van der Waals surface area (Å²) in [5.74, 6) is 1.02. The van der Waals surface area contributed by atoms with Gasteiger partial charge in [0.05, 0.1) is 5.84 Å². The van der Waals surface area contributed by atoms with Gasteiger partial charge in [-0.3, -0.25) is 4.99 Å². The molecule has 0 aromatic carbocycles. The molecule has 0 bridgehead atoms. The molecule has 0 amide bonds. The highest BCUT2D eigenvalue weighted by Gasteiger charge is 1.95. The van der Waals surface area contributed by atoms with Crippen LogP contribution in [0.4, 0.5) is 0 Å². The molecule has 0 saturated carbocycles. The van der Waals surface area contributed by atoms with E-state index in [-0.39, 0.29) is 0 Å². The van der Waals surface area contributed by atoms with Crippen molar-refractivity contribution in [3.05, 3.63) is 0 Å². The monoisotopic (exact) mass is 128 g/mol. The highest BCUT2D eigenvalue weighted by Crippen LogP contribution is 1.86. The molecular weight excluding hydrogens is 112 g/mol. The number of nitrogens with zero attached hydrogens (tertiary/aromatic N) is 1. The molecule has 1 unspecified atom stereocenters. The minimum atomic E-state index is 0.550. The smallest absolute Gasteiger partial charge is 0.0930 e. The Morgan fingerprint density at radius 1 is 1.67 bits per heavy atom. The summed E-state index contributed by atoms with van der Waals surface area (Å²) in [7, 11) is 1.80. The molecular formula is C7H16N2. The third-order valence-corrected chi connectivity index (χ3v) is 1.40. The van der Waals surface area contributed by atoms with Gasteiger partial charge in [-0.2, -0.15) is 0 Å². The SMILES string of the molecule is CCC(C)NC(C)=NC. The zero-order valence-electron chi connectivity index (χ0n) is 6.73. The molecule has 0 aromatic rings. The second kappa shape index (κ2) is 4.36. The predicted octanol–water partition coefficient (Wildman–Crippen LogP) is 1.42. The van der Waals surface area contributed by atoms with E-state index in [4.69, 9.17) is 0 Å². The van der Waals surface area contributed by atoms with Crippen molar-refractivity contribution in [2.45, 2.75) is 33.2 Å². The van der Waals surface area contributed by atoms with E-state index in [1.807, 2.05) is 6.92 Å². The molecule has 0 aromatic heterocycles. The van der Waals surface area contributed by atoms with Gasteiger partial charge in [0.25, 0.3) is 0 Å². The van der Waals surface area contributed by atoms with Crippen molar-refractivity contribution in [3.63, 3.8) is 0 Å². The quantitative estimate of drug-likeness (QED) is 0.441. The lowest BCUT2D eigenvalue weighted by Crippen LogP contribution is -2.29. The Bertz CT molecular complexity index is 97.1. The van der Waals surface area contributed by atoms with Crippen LogP contribution in [0.25, 0.3) is 0 Å². The average Bonchev–Trinajstić information content (AvgIpc) is 1.87. The van der Waals surface area contributed by atoms with E-state index in [0.29, 0.717) is 6.04 Å². The van der Waals surface area contributed by atoms with E-state index in [1.54, 1.807) is 7.05 Å².